The van der Waals surface area contributed by atoms with Crippen LogP contribution in [0, 0.1) is 0 Å². The molecule has 13 heavy (non-hydrogen) atoms. The van der Waals surface area contributed by atoms with Crippen LogP contribution >= 0.6 is 15.9 Å². The van der Waals surface area contributed by atoms with Crippen molar-refractivity contribution >= 4 is 21.6 Å². The molecule has 72 valence electrons. The summed E-state index contributed by atoms with van der Waals surface area (Å²) >= 11 is 3.37. The molecular formula is C9H14BrN3. The summed E-state index contributed by atoms with van der Waals surface area (Å²) in [5.41, 5.74) is 12.1. The first-order valence-corrected chi connectivity index (χ1v) is 4.96. The standard InChI is InChI=1S/C9H14BrN3/c10-7-1-3-9(4-2-7)13-6-8(12)5-11/h1-4,8,13H,5-6,11-12H2. The highest BCUT2D eigenvalue weighted by Crippen LogP contribution is 2.13. The maximum atomic E-state index is 5.65. The Morgan fingerprint density at radius 3 is 2.46 bits per heavy atom. The van der Waals surface area contributed by atoms with E-state index in [1.165, 1.54) is 0 Å². The van der Waals surface area contributed by atoms with Gasteiger partial charge in [0.2, 0.25) is 0 Å². The number of anilines is 1. The van der Waals surface area contributed by atoms with Crippen LogP contribution in [0.2, 0.25) is 0 Å². The largest absolute Gasteiger partial charge is 0.383 e. The van der Waals surface area contributed by atoms with Crippen LogP contribution in [0.4, 0.5) is 5.69 Å². The zero-order valence-corrected chi connectivity index (χ0v) is 8.92. The summed E-state index contributed by atoms with van der Waals surface area (Å²) in [5.74, 6) is 0. The van der Waals surface area contributed by atoms with Gasteiger partial charge in [0.15, 0.2) is 0 Å². The fourth-order valence-electron chi connectivity index (χ4n) is 0.900. The lowest BCUT2D eigenvalue weighted by Gasteiger charge is -2.11. The molecule has 0 fully saturated rings. The van der Waals surface area contributed by atoms with E-state index in [9.17, 15) is 0 Å². The van der Waals surface area contributed by atoms with Crippen LogP contribution in [0.1, 0.15) is 0 Å². The fourth-order valence-corrected chi connectivity index (χ4v) is 1.16. The zero-order valence-electron chi connectivity index (χ0n) is 7.33. The molecule has 0 spiro atoms. The normalized spacial score (nSPS) is 12.5. The predicted molar refractivity (Wildman–Crippen MR) is 59.7 cm³/mol. The Kier molecular flexibility index (Phi) is 4.21. The van der Waals surface area contributed by atoms with Crippen LogP contribution < -0.4 is 16.8 Å². The minimum atomic E-state index is 0.0173. The van der Waals surface area contributed by atoms with Gasteiger partial charge in [0, 0.05) is 29.3 Å². The molecule has 1 unspecified atom stereocenters. The first-order valence-electron chi connectivity index (χ1n) is 4.17. The van der Waals surface area contributed by atoms with E-state index >= 15 is 0 Å². The van der Waals surface area contributed by atoms with Gasteiger partial charge in [-0.15, -0.1) is 0 Å². The van der Waals surface area contributed by atoms with Crippen molar-refractivity contribution in [3.8, 4) is 0 Å². The van der Waals surface area contributed by atoms with E-state index in [4.69, 9.17) is 11.5 Å². The van der Waals surface area contributed by atoms with Crippen LogP contribution in [0.15, 0.2) is 28.7 Å². The number of hydrogen-bond donors (Lipinski definition) is 3. The van der Waals surface area contributed by atoms with Crippen molar-refractivity contribution in [2.75, 3.05) is 18.4 Å². The highest BCUT2D eigenvalue weighted by Gasteiger charge is 1.98. The van der Waals surface area contributed by atoms with E-state index in [0.717, 1.165) is 10.2 Å². The van der Waals surface area contributed by atoms with Gasteiger partial charge in [0.1, 0.15) is 0 Å². The Morgan fingerprint density at radius 1 is 1.31 bits per heavy atom. The van der Waals surface area contributed by atoms with E-state index in [1.54, 1.807) is 0 Å². The molecule has 0 bridgehead atoms. The average molecular weight is 244 g/mol. The average Bonchev–Trinajstić information content (AvgIpc) is 2.16. The molecule has 1 aromatic rings. The molecule has 0 amide bonds. The molecule has 1 rings (SSSR count). The van der Waals surface area contributed by atoms with E-state index in [1.807, 2.05) is 24.3 Å². The molecule has 0 aliphatic carbocycles. The molecular weight excluding hydrogens is 230 g/mol. The quantitative estimate of drug-likeness (QED) is 0.744. The lowest BCUT2D eigenvalue weighted by atomic mass is 10.3. The van der Waals surface area contributed by atoms with Crippen molar-refractivity contribution in [1.82, 2.24) is 0 Å². The van der Waals surface area contributed by atoms with Gasteiger partial charge in [-0.05, 0) is 24.3 Å². The molecule has 0 aliphatic heterocycles. The van der Waals surface area contributed by atoms with Crippen LogP contribution in [0.25, 0.3) is 0 Å². The Morgan fingerprint density at radius 2 is 1.92 bits per heavy atom. The van der Waals surface area contributed by atoms with Crippen molar-refractivity contribution in [3.63, 3.8) is 0 Å². The van der Waals surface area contributed by atoms with Crippen molar-refractivity contribution in [1.29, 1.82) is 0 Å². The number of benzene rings is 1. The highest BCUT2D eigenvalue weighted by atomic mass is 79.9. The van der Waals surface area contributed by atoms with E-state index in [0.29, 0.717) is 13.1 Å². The van der Waals surface area contributed by atoms with Crippen molar-refractivity contribution in [3.05, 3.63) is 28.7 Å². The molecule has 3 nitrogen and oxygen atoms in total. The highest BCUT2D eigenvalue weighted by molar-refractivity contribution is 9.10. The maximum Gasteiger partial charge on any atom is 0.0341 e. The third-order valence-corrected chi connectivity index (χ3v) is 2.24. The monoisotopic (exact) mass is 243 g/mol. The summed E-state index contributed by atoms with van der Waals surface area (Å²) < 4.78 is 1.07. The lowest BCUT2D eigenvalue weighted by molar-refractivity contribution is 0.713. The lowest BCUT2D eigenvalue weighted by Crippen LogP contribution is -2.36. The molecule has 0 aliphatic rings. The minimum Gasteiger partial charge on any atom is -0.383 e. The van der Waals surface area contributed by atoms with Crippen LogP contribution in [-0.2, 0) is 0 Å². The first-order chi connectivity index (χ1) is 6.22. The maximum absolute atomic E-state index is 5.65. The third-order valence-electron chi connectivity index (χ3n) is 1.72. The summed E-state index contributed by atoms with van der Waals surface area (Å²) in [6.45, 7) is 1.21. The van der Waals surface area contributed by atoms with Gasteiger partial charge in [0.25, 0.3) is 0 Å². The second-order valence-corrected chi connectivity index (χ2v) is 3.80. The SMILES string of the molecule is NCC(N)CNc1ccc(Br)cc1. The molecule has 1 atom stereocenters. The van der Waals surface area contributed by atoms with Gasteiger partial charge in [0.05, 0.1) is 0 Å². The molecule has 1 aromatic carbocycles. The summed E-state index contributed by atoms with van der Waals surface area (Å²) in [7, 11) is 0. The Hall–Kier alpha value is -0.580. The smallest absolute Gasteiger partial charge is 0.0341 e. The number of hydrogen-bond acceptors (Lipinski definition) is 3. The Bertz CT molecular complexity index is 248. The number of halogens is 1. The van der Waals surface area contributed by atoms with Gasteiger partial charge in [-0.3, -0.25) is 0 Å². The number of rotatable bonds is 4. The van der Waals surface area contributed by atoms with Gasteiger partial charge in [-0.25, -0.2) is 0 Å². The fraction of sp³-hybridized carbons (Fsp3) is 0.333. The Balaban J connectivity index is 2.41. The van der Waals surface area contributed by atoms with E-state index < -0.39 is 0 Å². The summed E-state index contributed by atoms with van der Waals surface area (Å²) in [6.07, 6.45) is 0. The summed E-state index contributed by atoms with van der Waals surface area (Å²) in [4.78, 5) is 0. The van der Waals surface area contributed by atoms with Gasteiger partial charge >= 0.3 is 0 Å². The Labute approximate surface area is 86.6 Å². The minimum absolute atomic E-state index is 0.0173. The van der Waals surface area contributed by atoms with Crippen LogP contribution in [-0.4, -0.2) is 19.1 Å². The zero-order chi connectivity index (χ0) is 9.68. The van der Waals surface area contributed by atoms with E-state index in [2.05, 4.69) is 21.2 Å². The summed E-state index contributed by atoms with van der Waals surface area (Å²) in [6, 6.07) is 7.97. The first kappa shape index (κ1) is 10.5. The summed E-state index contributed by atoms with van der Waals surface area (Å²) in [5, 5.41) is 3.20. The molecule has 0 heterocycles. The second kappa shape index (κ2) is 5.21. The number of nitrogens with one attached hydrogen (secondary N) is 1. The predicted octanol–water partition coefficient (Wildman–Crippen LogP) is 1.15. The second-order valence-electron chi connectivity index (χ2n) is 2.88. The molecule has 0 saturated heterocycles. The van der Waals surface area contributed by atoms with Gasteiger partial charge < -0.3 is 16.8 Å². The van der Waals surface area contributed by atoms with Crippen molar-refractivity contribution in [2.24, 2.45) is 11.5 Å². The molecule has 5 N–H and O–H groups in total. The molecule has 4 heteroatoms. The molecule has 0 saturated carbocycles. The van der Waals surface area contributed by atoms with E-state index in [-0.39, 0.29) is 6.04 Å². The van der Waals surface area contributed by atoms with Crippen LogP contribution in [0.5, 0.6) is 0 Å². The topological polar surface area (TPSA) is 64.1 Å². The van der Waals surface area contributed by atoms with Crippen molar-refractivity contribution < 1.29 is 0 Å². The molecule has 0 radical (unpaired) electrons. The van der Waals surface area contributed by atoms with Gasteiger partial charge in [-0.1, -0.05) is 15.9 Å². The van der Waals surface area contributed by atoms with Gasteiger partial charge in [-0.2, -0.15) is 0 Å². The number of nitrogens with two attached hydrogens (primary N) is 2. The van der Waals surface area contributed by atoms with Crippen LogP contribution in [0.3, 0.4) is 0 Å². The third kappa shape index (κ3) is 3.76. The molecule has 0 aromatic heterocycles. The van der Waals surface area contributed by atoms with Crippen molar-refractivity contribution in [2.45, 2.75) is 6.04 Å².